The number of aromatic nitrogens is 4. The Labute approximate surface area is 135 Å². The topological polar surface area (TPSA) is 57.4 Å². The van der Waals surface area contributed by atoms with E-state index < -0.39 is 0 Å². The van der Waals surface area contributed by atoms with Crippen molar-refractivity contribution in [3.8, 4) is 0 Å². The Morgan fingerprint density at radius 1 is 0.913 bits per heavy atom. The van der Waals surface area contributed by atoms with Gasteiger partial charge in [0.1, 0.15) is 11.6 Å². The normalized spacial score (nSPS) is 12.3. The number of nitrogens with zero attached hydrogens (tertiary/aromatic N) is 2. The minimum Gasteiger partial charge on any atom is -0.342 e. The number of imidazole rings is 2. The van der Waals surface area contributed by atoms with E-state index in [9.17, 15) is 0 Å². The van der Waals surface area contributed by atoms with Crippen molar-refractivity contribution in [2.24, 2.45) is 0 Å². The summed E-state index contributed by atoms with van der Waals surface area (Å²) in [5.74, 6) is 2.00. The third-order valence-electron chi connectivity index (χ3n) is 4.40. The van der Waals surface area contributed by atoms with E-state index in [1.54, 1.807) is 0 Å². The highest BCUT2D eigenvalue weighted by molar-refractivity contribution is 5.78. The van der Waals surface area contributed by atoms with Gasteiger partial charge in [0.05, 0.1) is 22.1 Å². The molecule has 0 atom stereocenters. The van der Waals surface area contributed by atoms with Gasteiger partial charge in [-0.2, -0.15) is 0 Å². The lowest BCUT2D eigenvalue weighted by Gasteiger charge is -2.20. The monoisotopic (exact) mass is 304 g/mol. The summed E-state index contributed by atoms with van der Waals surface area (Å²) in [5.41, 5.74) is 5.32. The molecule has 116 valence electrons. The molecule has 0 spiro atoms. The SMILES string of the molecule is Cc1cccc2[nH]c(C(C)(C)Cc3nc4ccccc4[nH]3)nc12. The molecule has 4 nitrogen and oxygen atoms in total. The van der Waals surface area contributed by atoms with Gasteiger partial charge in [0, 0.05) is 11.8 Å². The molecule has 4 rings (SSSR count). The fourth-order valence-corrected chi connectivity index (χ4v) is 3.09. The number of hydrogen-bond acceptors (Lipinski definition) is 2. The maximum atomic E-state index is 4.84. The summed E-state index contributed by atoms with van der Waals surface area (Å²) in [6.45, 7) is 6.50. The van der Waals surface area contributed by atoms with Crippen LogP contribution in [-0.2, 0) is 11.8 Å². The lowest BCUT2D eigenvalue weighted by atomic mass is 9.88. The second kappa shape index (κ2) is 4.95. The van der Waals surface area contributed by atoms with Gasteiger partial charge in [0.25, 0.3) is 0 Å². The van der Waals surface area contributed by atoms with E-state index in [-0.39, 0.29) is 5.41 Å². The lowest BCUT2D eigenvalue weighted by Crippen LogP contribution is -2.23. The maximum absolute atomic E-state index is 4.84. The zero-order valence-corrected chi connectivity index (χ0v) is 13.6. The molecule has 2 aromatic carbocycles. The Kier molecular flexibility index (Phi) is 3.01. The number of aromatic amines is 2. The van der Waals surface area contributed by atoms with Crippen LogP contribution in [0.1, 0.15) is 31.1 Å². The minimum absolute atomic E-state index is 0.126. The Morgan fingerprint density at radius 3 is 2.48 bits per heavy atom. The average molecular weight is 304 g/mol. The molecular weight excluding hydrogens is 284 g/mol. The van der Waals surface area contributed by atoms with E-state index in [2.05, 4.69) is 55.0 Å². The molecule has 0 saturated heterocycles. The third-order valence-corrected chi connectivity index (χ3v) is 4.40. The number of aryl methyl sites for hydroxylation is 1. The van der Waals surface area contributed by atoms with Crippen molar-refractivity contribution < 1.29 is 0 Å². The molecule has 0 unspecified atom stereocenters. The van der Waals surface area contributed by atoms with Gasteiger partial charge in [-0.1, -0.05) is 38.1 Å². The summed E-state index contributed by atoms with van der Waals surface area (Å²) >= 11 is 0. The summed E-state index contributed by atoms with van der Waals surface area (Å²) in [4.78, 5) is 16.4. The van der Waals surface area contributed by atoms with Crippen LogP contribution in [0.5, 0.6) is 0 Å². The van der Waals surface area contributed by atoms with E-state index in [0.29, 0.717) is 0 Å². The molecule has 2 aromatic heterocycles. The first-order valence-corrected chi connectivity index (χ1v) is 7.92. The first-order valence-electron chi connectivity index (χ1n) is 7.92. The van der Waals surface area contributed by atoms with Gasteiger partial charge in [-0.05, 0) is 30.7 Å². The van der Waals surface area contributed by atoms with Crippen molar-refractivity contribution >= 4 is 22.1 Å². The van der Waals surface area contributed by atoms with Gasteiger partial charge >= 0.3 is 0 Å². The van der Waals surface area contributed by atoms with Crippen LogP contribution in [0.4, 0.5) is 0 Å². The van der Waals surface area contributed by atoms with Gasteiger partial charge in [0.2, 0.25) is 0 Å². The predicted molar refractivity (Wildman–Crippen MR) is 93.7 cm³/mol. The molecule has 0 fully saturated rings. The number of hydrogen-bond donors (Lipinski definition) is 2. The Balaban J connectivity index is 1.71. The Hall–Kier alpha value is -2.62. The number of rotatable bonds is 3. The van der Waals surface area contributed by atoms with Crippen LogP contribution in [0.2, 0.25) is 0 Å². The molecule has 4 aromatic rings. The van der Waals surface area contributed by atoms with E-state index in [1.165, 1.54) is 5.56 Å². The molecule has 0 aliphatic carbocycles. The van der Waals surface area contributed by atoms with Crippen LogP contribution in [0.3, 0.4) is 0 Å². The molecule has 0 aliphatic rings. The number of H-pyrrole nitrogens is 2. The molecule has 0 bridgehead atoms. The number of benzene rings is 2. The molecule has 0 amide bonds. The maximum Gasteiger partial charge on any atom is 0.113 e. The standard InChI is InChI=1S/C19H20N4/c1-12-7-6-10-15-17(12)23-18(22-15)19(2,3)11-16-20-13-8-4-5-9-14(13)21-16/h4-10H,11H2,1-3H3,(H,20,21)(H,22,23). The molecule has 4 heteroatoms. The van der Waals surface area contributed by atoms with Crippen LogP contribution in [-0.4, -0.2) is 19.9 Å². The Morgan fingerprint density at radius 2 is 1.70 bits per heavy atom. The zero-order chi connectivity index (χ0) is 16.0. The van der Waals surface area contributed by atoms with Crippen molar-refractivity contribution in [2.45, 2.75) is 32.6 Å². The lowest BCUT2D eigenvalue weighted by molar-refractivity contribution is 0.483. The predicted octanol–water partition coefficient (Wildman–Crippen LogP) is 4.27. The molecule has 2 heterocycles. The first kappa shape index (κ1) is 14.0. The van der Waals surface area contributed by atoms with Gasteiger partial charge in [0.15, 0.2) is 0 Å². The summed E-state index contributed by atoms with van der Waals surface area (Å²) in [6, 6.07) is 14.4. The largest absolute Gasteiger partial charge is 0.342 e. The molecule has 0 aliphatic heterocycles. The quantitative estimate of drug-likeness (QED) is 0.594. The third kappa shape index (κ3) is 2.40. The van der Waals surface area contributed by atoms with Crippen LogP contribution >= 0.6 is 0 Å². The molecular formula is C19H20N4. The van der Waals surface area contributed by atoms with Gasteiger partial charge in [-0.25, -0.2) is 9.97 Å². The Bertz CT molecular complexity index is 958. The van der Waals surface area contributed by atoms with Gasteiger partial charge in [-0.3, -0.25) is 0 Å². The fourth-order valence-electron chi connectivity index (χ4n) is 3.09. The van der Waals surface area contributed by atoms with Crippen LogP contribution in [0, 0.1) is 6.92 Å². The summed E-state index contributed by atoms with van der Waals surface area (Å²) in [5, 5.41) is 0. The van der Waals surface area contributed by atoms with E-state index in [4.69, 9.17) is 9.97 Å². The van der Waals surface area contributed by atoms with Crippen molar-refractivity contribution in [2.75, 3.05) is 0 Å². The molecule has 0 radical (unpaired) electrons. The van der Waals surface area contributed by atoms with Crippen LogP contribution in [0.15, 0.2) is 42.5 Å². The van der Waals surface area contributed by atoms with Crippen LogP contribution in [0.25, 0.3) is 22.1 Å². The average Bonchev–Trinajstić information content (AvgIpc) is 3.10. The number of para-hydroxylation sites is 3. The minimum atomic E-state index is -0.126. The molecule has 23 heavy (non-hydrogen) atoms. The summed E-state index contributed by atoms with van der Waals surface area (Å²) < 4.78 is 0. The second-order valence-electron chi connectivity index (χ2n) is 6.82. The van der Waals surface area contributed by atoms with E-state index in [0.717, 1.165) is 40.1 Å². The number of nitrogens with one attached hydrogen (secondary N) is 2. The number of fused-ring (bicyclic) bond motifs is 2. The van der Waals surface area contributed by atoms with Crippen molar-refractivity contribution in [3.63, 3.8) is 0 Å². The van der Waals surface area contributed by atoms with Gasteiger partial charge in [-0.15, -0.1) is 0 Å². The van der Waals surface area contributed by atoms with Crippen molar-refractivity contribution in [3.05, 3.63) is 59.7 Å². The highest BCUT2D eigenvalue weighted by atomic mass is 15.0. The summed E-state index contributed by atoms with van der Waals surface area (Å²) in [6.07, 6.45) is 0.806. The van der Waals surface area contributed by atoms with Crippen LogP contribution < -0.4 is 0 Å². The van der Waals surface area contributed by atoms with Crippen molar-refractivity contribution in [1.82, 2.24) is 19.9 Å². The molecule has 2 N–H and O–H groups in total. The smallest absolute Gasteiger partial charge is 0.113 e. The second-order valence-corrected chi connectivity index (χ2v) is 6.82. The highest BCUT2D eigenvalue weighted by Crippen LogP contribution is 2.28. The van der Waals surface area contributed by atoms with Gasteiger partial charge < -0.3 is 9.97 Å². The highest BCUT2D eigenvalue weighted by Gasteiger charge is 2.26. The first-order chi connectivity index (χ1) is 11.0. The fraction of sp³-hybridized carbons (Fsp3) is 0.263. The summed E-state index contributed by atoms with van der Waals surface area (Å²) in [7, 11) is 0. The van der Waals surface area contributed by atoms with Crippen molar-refractivity contribution in [1.29, 1.82) is 0 Å². The zero-order valence-electron chi connectivity index (χ0n) is 13.6. The molecule has 0 saturated carbocycles. The van der Waals surface area contributed by atoms with E-state index in [1.807, 2.05) is 18.2 Å². The van der Waals surface area contributed by atoms with E-state index >= 15 is 0 Å².